The van der Waals surface area contributed by atoms with Crippen LogP contribution in [-0.2, 0) is 0 Å². The van der Waals surface area contributed by atoms with Gasteiger partial charge >= 0.3 is 0 Å². The van der Waals surface area contributed by atoms with Gasteiger partial charge in [-0.25, -0.2) is 0 Å². The first kappa shape index (κ1) is 16.5. The van der Waals surface area contributed by atoms with Crippen molar-refractivity contribution in [3.05, 3.63) is 4.88 Å². The van der Waals surface area contributed by atoms with Crippen molar-refractivity contribution in [2.75, 3.05) is 36.6 Å². The van der Waals surface area contributed by atoms with Gasteiger partial charge in [0.1, 0.15) is 5.00 Å². The molecular weight excluding hydrogens is 304 g/mol. The van der Waals surface area contributed by atoms with Crippen LogP contribution in [0.2, 0.25) is 0 Å². The third-order valence-corrected chi connectivity index (χ3v) is 6.11. The average molecular weight is 329 g/mol. The predicted octanol–water partition coefficient (Wildman–Crippen LogP) is 3.51. The van der Waals surface area contributed by atoms with Crippen LogP contribution < -0.4 is 15.4 Å². The minimum absolute atomic E-state index is 0.0585. The number of anilines is 2. The van der Waals surface area contributed by atoms with Gasteiger partial charge in [0, 0.05) is 29.5 Å². The van der Waals surface area contributed by atoms with Crippen molar-refractivity contribution in [3.63, 3.8) is 0 Å². The number of thioether (sulfide) groups is 1. The number of carbonyl (C=O) groups is 1. The number of thiophene rings is 1. The van der Waals surface area contributed by atoms with E-state index in [-0.39, 0.29) is 16.4 Å². The van der Waals surface area contributed by atoms with E-state index in [1.165, 1.54) is 11.3 Å². The quantitative estimate of drug-likeness (QED) is 0.857. The lowest BCUT2D eigenvalue weighted by atomic mass is 10.1. The second-order valence-corrected chi connectivity index (χ2v) is 9.03. The number of nitrogens with two attached hydrogens (primary N) is 1. The normalized spacial score (nSPS) is 18.1. The highest BCUT2D eigenvalue weighted by Gasteiger charge is 2.32. The zero-order chi connectivity index (χ0) is 15.8. The smallest absolute Gasteiger partial charge is 0.177 e. The average Bonchev–Trinajstić information content (AvgIpc) is 2.73. The molecule has 2 N–H and O–H groups in total. The SMILES string of the molecule is COc1c(N2CCSC(C)(C)C2)sc(C(=O)C(C)C)c1N. The van der Waals surface area contributed by atoms with E-state index in [0.717, 1.165) is 23.8 Å². The van der Waals surface area contributed by atoms with Crippen molar-refractivity contribution >= 4 is 39.6 Å². The standard InChI is InChI=1S/C15H24N2O2S2/c1-9(2)11(18)13-10(16)12(19-5)14(21-13)17-6-7-20-15(3,4)8-17/h9H,6-8,16H2,1-5H3. The summed E-state index contributed by atoms with van der Waals surface area (Å²) in [5.41, 5.74) is 6.65. The number of methoxy groups -OCH3 is 1. The van der Waals surface area contributed by atoms with Crippen LogP contribution in [0.5, 0.6) is 5.75 Å². The largest absolute Gasteiger partial charge is 0.492 e. The molecule has 6 heteroatoms. The summed E-state index contributed by atoms with van der Waals surface area (Å²) in [5, 5.41) is 0.993. The lowest BCUT2D eigenvalue weighted by Crippen LogP contribution is -2.42. The Bertz CT molecular complexity index is 538. The molecule has 0 radical (unpaired) electrons. The zero-order valence-electron chi connectivity index (χ0n) is 13.4. The number of ketones is 1. The van der Waals surface area contributed by atoms with E-state index in [4.69, 9.17) is 10.5 Å². The first-order valence-corrected chi connectivity index (χ1v) is 8.96. The van der Waals surface area contributed by atoms with Crippen LogP contribution in [0.4, 0.5) is 10.7 Å². The van der Waals surface area contributed by atoms with E-state index >= 15 is 0 Å². The second kappa shape index (κ2) is 6.08. The topological polar surface area (TPSA) is 55.6 Å². The third kappa shape index (κ3) is 3.31. The lowest BCUT2D eigenvalue weighted by Gasteiger charge is -2.38. The van der Waals surface area contributed by atoms with Gasteiger partial charge in [-0.05, 0) is 13.8 Å². The summed E-state index contributed by atoms with van der Waals surface area (Å²) in [6.45, 7) is 10.2. The van der Waals surface area contributed by atoms with Crippen LogP contribution in [0.15, 0.2) is 0 Å². The molecule has 2 rings (SSSR count). The molecule has 0 spiro atoms. The van der Waals surface area contributed by atoms with Crippen molar-refractivity contribution in [1.82, 2.24) is 0 Å². The van der Waals surface area contributed by atoms with Gasteiger partial charge in [-0.1, -0.05) is 13.8 Å². The molecule has 0 atom stereocenters. The van der Waals surface area contributed by atoms with Gasteiger partial charge in [-0.15, -0.1) is 11.3 Å². The van der Waals surface area contributed by atoms with Gasteiger partial charge in [-0.2, -0.15) is 11.8 Å². The monoisotopic (exact) mass is 328 g/mol. The van der Waals surface area contributed by atoms with E-state index in [1.54, 1.807) is 7.11 Å². The molecule has 4 nitrogen and oxygen atoms in total. The summed E-state index contributed by atoms with van der Waals surface area (Å²) < 4.78 is 5.69. The highest BCUT2D eigenvalue weighted by atomic mass is 32.2. The van der Waals surface area contributed by atoms with Gasteiger partial charge in [0.25, 0.3) is 0 Å². The Morgan fingerprint density at radius 1 is 1.43 bits per heavy atom. The van der Waals surface area contributed by atoms with E-state index < -0.39 is 0 Å². The summed E-state index contributed by atoms with van der Waals surface area (Å²) in [6, 6.07) is 0. The van der Waals surface area contributed by atoms with E-state index in [9.17, 15) is 4.79 Å². The maximum absolute atomic E-state index is 12.3. The van der Waals surface area contributed by atoms with Crippen LogP contribution in [-0.4, -0.2) is 36.5 Å². The number of hydrogen-bond acceptors (Lipinski definition) is 6. The third-order valence-electron chi connectivity index (χ3n) is 3.55. The molecular formula is C15H24N2O2S2. The summed E-state index contributed by atoms with van der Waals surface area (Å²) >= 11 is 3.45. The molecule has 1 aromatic heterocycles. The highest BCUT2D eigenvalue weighted by molar-refractivity contribution is 8.00. The number of carbonyl (C=O) groups excluding carboxylic acids is 1. The Morgan fingerprint density at radius 3 is 2.62 bits per heavy atom. The Kier molecular flexibility index (Phi) is 4.78. The molecule has 0 saturated carbocycles. The Labute approximate surface area is 135 Å². The highest BCUT2D eigenvalue weighted by Crippen LogP contribution is 2.47. The second-order valence-electron chi connectivity index (χ2n) is 6.23. The molecule has 0 unspecified atom stereocenters. The lowest BCUT2D eigenvalue weighted by molar-refractivity contribution is 0.0944. The molecule has 0 aliphatic carbocycles. The molecule has 0 amide bonds. The van der Waals surface area contributed by atoms with E-state index in [0.29, 0.717) is 16.3 Å². The predicted molar refractivity (Wildman–Crippen MR) is 93.2 cm³/mol. The van der Waals surface area contributed by atoms with Gasteiger partial charge in [-0.3, -0.25) is 4.79 Å². The molecule has 1 aliphatic heterocycles. The molecule has 1 aromatic rings. The van der Waals surface area contributed by atoms with Crippen molar-refractivity contribution < 1.29 is 9.53 Å². The number of rotatable bonds is 4. The van der Waals surface area contributed by atoms with Gasteiger partial charge in [0.15, 0.2) is 11.5 Å². The molecule has 0 aromatic carbocycles. The molecule has 1 fully saturated rings. The molecule has 1 aliphatic rings. The number of nitrogens with zero attached hydrogens (tertiary/aromatic N) is 1. The van der Waals surface area contributed by atoms with Crippen molar-refractivity contribution in [2.45, 2.75) is 32.4 Å². The Hall–Kier alpha value is -0.880. The van der Waals surface area contributed by atoms with E-state index in [1.807, 2.05) is 25.6 Å². The molecule has 2 heterocycles. The van der Waals surface area contributed by atoms with Crippen molar-refractivity contribution in [1.29, 1.82) is 0 Å². The zero-order valence-corrected chi connectivity index (χ0v) is 15.0. The number of nitrogen functional groups attached to an aromatic ring is 1. The minimum atomic E-state index is -0.0585. The number of ether oxygens (including phenoxy) is 1. The molecule has 21 heavy (non-hydrogen) atoms. The minimum Gasteiger partial charge on any atom is -0.492 e. The van der Waals surface area contributed by atoms with Gasteiger partial charge < -0.3 is 15.4 Å². The van der Waals surface area contributed by atoms with Crippen LogP contribution in [0.25, 0.3) is 0 Å². The van der Waals surface area contributed by atoms with E-state index in [2.05, 4.69) is 18.7 Å². The maximum atomic E-state index is 12.3. The fourth-order valence-electron chi connectivity index (χ4n) is 2.46. The van der Waals surface area contributed by atoms with Crippen LogP contribution in [0.1, 0.15) is 37.4 Å². The number of Topliss-reactive ketones (excluding diaryl/α,β-unsaturated/α-hetero) is 1. The van der Waals surface area contributed by atoms with Crippen molar-refractivity contribution in [3.8, 4) is 5.75 Å². The summed E-state index contributed by atoms with van der Waals surface area (Å²) in [6.07, 6.45) is 0. The van der Waals surface area contributed by atoms with Crippen molar-refractivity contribution in [2.24, 2.45) is 5.92 Å². The van der Waals surface area contributed by atoms with Gasteiger partial charge in [0.2, 0.25) is 0 Å². The first-order valence-electron chi connectivity index (χ1n) is 7.16. The summed E-state index contributed by atoms with van der Waals surface area (Å²) in [7, 11) is 1.62. The maximum Gasteiger partial charge on any atom is 0.177 e. The first-order chi connectivity index (χ1) is 9.76. The molecule has 1 saturated heterocycles. The van der Waals surface area contributed by atoms with Gasteiger partial charge in [0.05, 0.1) is 17.7 Å². The fraction of sp³-hybridized carbons (Fsp3) is 0.667. The summed E-state index contributed by atoms with van der Waals surface area (Å²) in [4.78, 5) is 15.2. The Morgan fingerprint density at radius 2 is 2.10 bits per heavy atom. The van der Waals surface area contributed by atoms with Crippen LogP contribution in [0.3, 0.4) is 0 Å². The Balaban J connectivity index is 2.39. The number of hydrogen-bond donors (Lipinski definition) is 1. The fourth-order valence-corrected chi connectivity index (χ4v) is 4.87. The summed E-state index contributed by atoms with van der Waals surface area (Å²) in [5.74, 6) is 1.76. The molecule has 0 bridgehead atoms. The van der Waals surface area contributed by atoms with Crippen LogP contribution in [0, 0.1) is 5.92 Å². The molecule has 118 valence electrons. The van der Waals surface area contributed by atoms with Crippen LogP contribution >= 0.6 is 23.1 Å².